The molecule has 58 valence electrons. The van der Waals surface area contributed by atoms with Gasteiger partial charge in [-0.25, -0.2) is 0 Å². The largest absolute Gasteiger partial charge is 0.397 e. The number of benzene rings is 1. The van der Waals surface area contributed by atoms with Crippen molar-refractivity contribution in [2.75, 3.05) is 11.5 Å². The summed E-state index contributed by atoms with van der Waals surface area (Å²) in [5.74, 6) is -0.923. The van der Waals surface area contributed by atoms with Gasteiger partial charge in [-0.15, -0.1) is 0 Å². The summed E-state index contributed by atoms with van der Waals surface area (Å²) in [5, 5.41) is 0. The molecule has 0 aliphatic heterocycles. The van der Waals surface area contributed by atoms with Gasteiger partial charge in [0.15, 0.2) is 0 Å². The molecular weight excluding hydrogens is 142 g/mol. The van der Waals surface area contributed by atoms with Crippen LogP contribution in [0.3, 0.4) is 0 Å². The number of hydrogen-bond donors (Lipinski definition) is 3. The van der Waals surface area contributed by atoms with Gasteiger partial charge in [0, 0.05) is 0 Å². The molecule has 0 saturated heterocycles. The predicted octanol–water partition coefficient (Wildman–Crippen LogP) is -0.0501. The number of nitrogen functional groups attached to an aromatic ring is 2. The van der Waals surface area contributed by atoms with Crippen molar-refractivity contribution in [3.63, 3.8) is 0 Å². The maximum Gasteiger partial charge on any atom is 0.250 e. The zero-order valence-electron chi connectivity index (χ0n) is 8.64. The van der Waals surface area contributed by atoms with Crippen molar-refractivity contribution in [3.05, 3.63) is 23.7 Å². The molecule has 0 unspecified atom stereocenters. The van der Waals surface area contributed by atoms with Gasteiger partial charge in [0.1, 0.15) is 0 Å². The van der Waals surface area contributed by atoms with Crippen LogP contribution in [0.1, 0.15) is 14.5 Å². The number of carbonyl (C=O) groups is 1. The molecule has 11 heavy (non-hydrogen) atoms. The third-order valence-corrected chi connectivity index (χ3v) is 1.19. The second-order valence-electron chi connectivity index (χ2n) is 1.94. The highest BCUT2D eigenvalue weighted by atomic mass is 16.1. The first-order valence-electron chi connectivity index (χ1n) is 4.32. The van der Waals surface area contributed by atoms with Gasteiger partial charge in [0.05, 0.1) is 21.1 Å². The number of hydrogen-bond acceptors (Lipinski definition) is 3. The molecule has 1 rings (SSSR count). The lowest BCUT2D eigenvalue weighted by Crippen LogP contribution is -2.14. The SMILES string of the molecule is [2H]c1c([2H])c(N)c(N)c(C(N)=O)c1[2H]. The number of anilines is 2. The number of nitrogens with two attached hydrogens (primary N) is 3. The van der Waals surface area contributed by atoms with Gasteiger partial charge in [-0.2, -0.15) is 0 Å². The Labute approximate surface area is 68.2 Å². The monoisotopic (exact) mass is 154 g/mol. The summed E-state index contributed by atoms with van der Waals surface area (Å²) in [7, 11) is 0. The Morgan fingerprint density at radius 2 is 2.09 bits per heavy atom. The van der Waals surface area contributed by atoms with Gasteiger partial charge in [-0.1, -0.05) is 6.04 Å². The Balaban J connectivity index is 3.68. The van der Waals surface area contributed by atoms with Crippen molar-refractivity contribution >= 4 is 17.3 Å². The summed E-state index contributed by atoms with van der Waals surface area (Å²) in [6.45, 7) is 0. The van der Waals surface area contributed by atoms with Gasteiger partial charge in [-0.3, -0.25) is 4.79 Å². The average molecular weight is 154 g/mol. The van der Waals surface area contributed by atoms with Crippen LogP contribution in [0.4, 0.5) is 11.4 Å². The maximum atomic E-state index is 10.9. The number of carbonyl (C=O) groups excluding carboxylic acids is 1. The van der Waals surface area contributed by atoms with Gasteiger partial charge in [-0.05, 0) is 12.1 Å². The van der Waals surface area contributed by atoms with Gasteiger partial charge in [0.25, 0.3) is 5.91 Å². The van der Waals surface area contributed by atoms with E-state index >= 15 is 0 Å². The highest BCUT2D eigenvalue weighted by Gasteiger charge is 2.05. The Bertz CT molecular complexity index is 390. The number of rotatable bonds is 1. The molecule has 4 heteroatoms. The second kappa shape index (κ2) is 2.49. The molecule has 0 aliphatic rings. The van der Waals surface area contributed by atoms with E-state index in [1.165, 1.54) is 0 Å². The van der Waals surface area contributed by atoms with Crippen LogP contribution >= 0.6 is 0 Å². The molecular formula is C7H9N3O. The third-order valence-electron chi connectivity index (χ3n) is 1.19. The number of amides is 1. The molecule has 0 fully saturated rings. The molecule has 0 spiro atoms. The fourth-order valence-corrected chi connectivity index (χ4v) is 0.625. The molecule has 1 aromatic rings. The fourth-order valence-electron chi connectivity index (χ4n) is 0.625. The molecule has 1 aromatic carbocycles. The van der Waals surface area contributed by atoms with Crippen LogP contribution in [0, 0.1) is 0 Å². The molecule has 4 nitrogen and oxygen atoms in total. The lowest BCUT2D eigenvalue weighted by atomic mass is 10.1. The van der Waals surface area contributed by atoms with E-state index < -0.39 is 18.0 Å². The molecule has 0 aromatic heterocycles. The van der Waals surface area contributed by atoms with E-state index in [-0.39, 0.29) is 23.0 Å². The predicted molar refractivity (Wildman–Crippen MR) is 43.8 cm³/mol. The summed E-state index contributed by atoms with van der Waals surface area (Å²) in [4.78, 5) is 10.9. The van der Waals surface area contributed by atoms with Crippen molar-refractivity contribution in [2.24, 2.45) is 5.73 Å². The zero-order valence-corrected chi connectivity index (χ0v) is 5.64. The molecule has 0 bridgehead atoms. The zero-order chi connectivity index (χ0) is 11.0. The molecule has 0 atom stereocenters. The van der Waals surface area contributed by atoms with Gasteiger partial charge in [0.2, 0.25) is 0 Å². The van der Waals surface area contributed by atoms with Crippen molar-refractivity contribution in [1.29, 1.82) is 0 Å². The minimum atomic E-state index is -0.923. The molecule has 0 aliphatic carbocycles. The van der Waals surface area contributed by atoms with Crippen LogP contribution in [-0.2, 0) is 0 Å². The second-order valence-corrected chi connectivity index (χ2v) is 1.94. The van der Waals surface area contributed by atoms with Crippen molar-refractivity contribution in [2.45, 2.75) is 0 Å². The van der Waals surface area contributed by atoms with Crippen LogP contribution in [0.2, 0.25) is 0 Å². The fraction of sp³-hybridized carbons (Fsp3) is 0. The average Bonchev–Trinajstić information content (AvgIpc) is 2.11. The lowest BCUT2D eigenvalue weighted by Gasteiger charge is -2.02. The van der Waals surface area contributed by atoms with E-state index in [1.807, 2.05) is 0 Å². The van der Waals surface area contributed by atoms with Gasteiger partial charge < -0.3 is 17.2 Å². The molecule has 0 radical (unpaired) electrons. The maximum absolute atomic E-state index is 10.9. The smallest absolute Gasteiger partial charge is 0.250 e. The first kappa shape index (κ1) is 4.23. The van der Waals surface area contributed by atoms with Crippen LogP contribution < -0.4 is 17.2 Å². The normalized spacial score (nSPS) is 13.3. The molecule has 6 N–H and O–H groups in total. The van der Waals surface area contributed by atoms with Crippen LogP contribution in [0.5, 0.6) is 0 Å². The van der Waals surface area contributed by atoms with E-state index in [0.29, 0.717) is 0 Å². The number of para-hydroxylation sites is 1. The Hall–Kier alpha value is -1.71. The lowest BCUT2D eigenvalue weighted by molar-refractivity contribution is 0.100. The van der Waals surface area contributed by atoms with Gasteiger partial charge >= 0.3 is 0 Å². The summed E-state index contributed by atoms with van der Waals surface area (Å²) in [5.41, 5.74) is 15.0. The minimum absolute atomic E-state index is 0.195. The minimum Gasteiger partial charge on any atom is -0.397 e. The quantitative estimate of drug-likeness (QED) is 0.495. The highest BCUT2D eigenvalue weighted by molar-refractivity contribution is 6.00. The van der Waals surface area contributed by atoms with Crippen molar-refractivity contribution in [3.8, 4) is 0 Å². The standard InChI is InChI=1S/C7H9N3O/c8-5-3-1-2-4(6(5)9)7(10)11/h1-3H,8-9H2,(H2,10,11)/i1D,2D,3D. The van der Waals surface area contributed by atoms with Crippen LogP contribution in [-0.4, -0.2) is 5.91 Å². The third kappa shape index (κ3) is 1.24. The van der Waals surface area contributed by atoms with E-state index in [9.17, 15) is 4.79 Å². The van der Waals surface area contributed by atoms with Crippen LogP contribution in [0.25, 0.3) is 0 Å². The Kier molecular flexibility index (Phi) is 0.958. The first-order valence-corrected chi connectivity index (χ1v) is 2.82. The van der Waals surface area contributed by atoms with E-state index in [0.717, 1.165) is 0 Å². The summed E-state index contributed by atoms with van der Waals surface area (Å²) < 4.78 is 22.0. The number of primary amides is 1. The topological polar surface area (TPSA) is 95.1 Å². The first-order chi connectivity index (χ1) is 6.37. The van der Waals surface area contributed by atoms with E-state index in [2.05, 4.69) is 0 Å². The summed E-state index contributed by atoms with van der Waals surface area (Å²) in [6, 6.07) is -1.28. The van der Waals surface area contributed by atoms with Crippen LogP contribution in [0.15, 0.2) is 18.1 Å². The van der Waals surface area contributed by atoms with Crippen molar-refractivity contribution < 1.29 is 8.91 Å². The highest BCUT2D eigenvalue weighted by Crippen LogP contribution is 2.18. The molecule has 1 amide bonds. The molecule has 0 heterocycles. The Morgan fingerprint density at radius 1 is 1.45 bits per heavy atom. The molecule has 0 saturated carbocycles. The Morgan fingerprint density at radius 3 is 2.64 bits per heavy atom. The van der Waals surface area contributed by atoms with E-state index in [4.69, 9.17) is 21.3 Å². The summed E-state index contributed by atoms with van der Waals surface area (Å²) >= 11 is 0. The summed E-state index contributed by atoms with van der Waals surface area (Å²) in [6.07, 6.45) is 0. The van der Waals surface area contributed by atoms with E-state index in [1.54, 1.807) is 0 Å². The van der Waals surface area contributed by atoms with Crippen molar-refractivity contribution in [1.82, 2.24) is 0 Å².